The SMILES string of the molecule is CN=C(NCCNC(=O)OC(C)(C)C)NCc1ccc(COCC(F)(F)F)cc1. The molecule has 0 saturated heterocycles. The van der Waals surface area contributed by atoms with Crippen molar-refractivity contribution in [3.05, 3.63) is 35.4 Å². The lowest BCUT2D eigenvalue weighted by Crippen LogP contribution is -2.42. The first-order valence-electron chi connectivity index (χ1n) is 9.12. The maximum atomic E-state index is 12.1. The van der Waals surface area contributed by atoms with E-state index in [0.29, 0.717) is 31.2 Å². The summed E-state index contributed by atoms with van der Waals surface area (Å²) in [5.41, 5.74) is 1.04. The number of nitrogens with one attached hydrogen (secondary N) is 3. The Hall–Kier alpha value is -2.49. The Balaban J connectivity index is 2.29. The van der Waals surface area contributed by atoms with Crippen molar-refractivity contribution >= 4 is 12.1 Å². The van der Waals surface area contributed by atoms with Gasteiger partial charge in [0.2, 0.25) is 0 Å². The van der Waals surface area contributed by atoms with E-state index in [-0.39, 0.29) is 6.61 Å². The summed E-state index contributed by atoms with van der Waals surface area (Å²) < 4.78 is 46.0. The second-order valence-corrected chi connectivity index (χ2v) is 7.21. The van der Waals surface area contributed by atoms with Crippen molar-refractivity contribution in [2.75, 3.05) is 26.7 Å². The highest BCUT2D eigenvalue weighted by atomic mass is 19.4. The van der Waals surface area contributed by atoms with Crippen molar-refractivity contribution in [3.63, 3.8) is 0 Å². The number of hydrogen-bond acceptors (Lipinski definition) is 4. The fraction of sp³-hybridized carbons (Fsp3) is 0.579. The molecule has 0 atom stereocenters. The molecule has 0 aliphatic heterocycles. The molecule has 0 aliphatic carbocycles. The highest BCUT2D eigenvalue weighted by Gasteiger charge is 2.27. The monoisotopic (exact) mass is 418 g/mol. The van der Waals surface area contributed by atoms with Gasteiger partial charge in [-0.05, 0) is 31.9 Å². The number of benzene rings is 1. The van der Waals surface area contributed by atoms with Crippen LogP contribution in [-0.2, 0) is 22.6 Å². The molecule has 0 fully saturated rings. The van der Waals surface area contributed by atoms with E-state index in [4.69, 9.17) is 4.74 Å². The average molecular weight is 418 g/mol. The third-order valence-electron chi connectivity index (χ3n) is 3.33. The lowest BCUT2D eigenvalue weighted by atomic mass is 10.1. The van der Waals surface area contributed by atoms with Gasteiger partial charge in [-0.2, -0.15) is 13.2 Å². The zero-order valence-corrected chi connectivity index (χ0v) is 17.2. The molecule has 0 spiro atoms. The minimum atomic E-state index is -4.32. The minimum Gasteiger partial charge on any atom is -0.444 e. The number of nitrogens with zero attached hydrogens (tertiary/aromatic N) is 1. The molecule has 0 saturated carbocycles. The number of alkyl carbamates (subject to hydrolysis) is 1. The van der Waals surface area contributed by atoms with Crippen LogP contribution in [0.5, 0.6) is 0 Å². The summed E-state index contributed by atoms with van der Waals surface area (Å²) in [6.07, 6.45) is -4.81. The van der Waals surface area contributed by atoms with Gasteiger partial charge >= 0.3 is 12.3 Å². The molecule has 1 aromatic rings. The predicted octanol–water partition coefficient (Wildman–Crippen LogP) is 2.96. The number of rotatable bonds is 8. The molecule has 10 heteroatoms. The van der Waals surface area contributed by atoms with E-state index >= 15 is 0 Å². The summed E-state index contributed by atoms with van der Waals surface area (Å²) in [7, 11) is 1.62. The Morgan fingerprint density at radius 1 is 1.00 bits per heavy atom. The largest absolute Gasteiger partial charge is 0.444 e. The zero-order chi connectivity index (χ0) is 21.9. The van der Waals surface area contributed by atoms with Crippen LogP contribution >= 0.6 is 0 Å². The Labute approximate surface area is 169 Å². The van der Waals surface area contributed by atoms with Gasteiger partial charge in [0.1, 0.15) is 12.2 Å². The molecule has 1 aromatic carbocycles. The fourth-order valence-electron chi connectivity index (χ4n) is 2.10. The summed E-state index contributed by atoms with van der Waals surface area (Å²) in [5.74, 6) is 0.550. The van der Waals surface area contributed by atoms with Crippen molar-refractivity contribution < 1.29 is 27.4 Å². The molecule has 7 nitrogen and oxygen atoms in total. The van der Waals surface area contributed by atoms with Crippen LogP contribution in [0.3, 0.4) is 0 Å². The second kappa shape index (κ2) is 11.5. The number of hydrogen-bond donors (Lipinski definition) is 3. The van der Waals surface area contributed by atoms with E-state index < -0.39 is 24.5 Å². The van der Waals surface area contributed by atoms with Crippen LogP contribution in [0.25, 0.3) is 0 Å². The van der Waals surface area contributed by atoms with Crippen molar-refractivity contribution in [3.8, 4) is 0 Å². The van der Waals surface area contributed by atoms with Crippen molar-refractivity contribution in [2.24, 2.45) is 4.99 Å². The van der Waals surface area contributed by atoms with Gasteiger partial charge in [0.25, 0.3) is 0 Å². The molecule has 1 rings (SSSR count). The molecule has 0 unspecified atom stereocenters. The van der Waals surface area contributed by atoms with Crippen molar-refractivity contribution in [1.29, 1.82) is 0 Å². The van der Waals surface area contributed by atoms with E-state index in [0.717, 1.165) is 5.56 Å². The van der Waals surface area contributed by atoms with Crippen LogP contribution in [0.15, 0.2) is 29.3 Å². The molecule has 0 aliphatic rings. The first kappa shape index (κ1) is 24.5. The van der Waals surface area contributed by atoms with Crippen LogP contribution in [0, 0.1) is 0 Å². The van der Waals surface area contributed by atoms with Gasteiger partial charge < -0.3 is 25.4 Å². The average Bonchev–Trinajstić information content (AvgIpc) is 2.59. The van der Waals surface area contributed by atoms with Gasteiger partial charge in [-0.1, -0.05) is 24.3 Å². The molecular formula is C19H29F3N4O3. The highest BCUT2D eigenvalue weighted by molar-refractivity contribution is 5.79. The molecule has 1 amide bonds. The number of amides is 1. The Kier molecular flexibility index (Phi) is 9.73. The van der Waals surface area contributed by atoms with Gasteiger partial charge in [0.05, 0.1) is 6.61 Å². The number of carbonyl (C=O) groups is 1. The summed E-state index contributed by atoms with van der Waals surface area (Å²) in [4.78, 5) is 15.6. The van der Waals surface area contributed by atoms with Gasteiger partial charge in [-0.3, -0.25) is 4.99 Å². The normalized spacial score (nSPS) is 12.4. The maximum absolute atomic E-state index is 12.1. The molecule has 3 N–H and O–H groups in total. The van der Waals surface area contributed by atoms with Crippen LogP contribution < -0.4 is 16.0 Å². The zero-order valence-electron chi connectivity index (χ0n) is 17.2. The second-order valence-electron chi connectivity index (χ2n) is 7.21. The lowest BCUT2D eigenvalue weighted by molar-refractivity contribution is -0.176. The van der Waals surface area contributed by atoms with Crippen molar-refractivity contribution in [2.45, 2.75) is 45.7 Å². The van der Waals surface area contributed by atoms with Gasteiger partial charge in [-0.15, -0.1) is 0 Å². The van der Waals surface area contributed by atoms with E-state index in [2.05, 4.69) is 25.7 Å². The van der Waals surface area contributed by atoms with Crippen LogP contribution in [0.1, 0.15) is 31.9 Å². The number of guanidine groups is 1. The van der Waals surface area contributed by atoms with E-state index in [1.165, 1.54) is 0 Å². The standard InChI is InChI=1S/C19H29F3N4O3/c1-18(2,3)29-17(27)25-10-9-24-16(23-4)26-11-14-5-7-15(8-6-14)12-28-13-19(20,21)22/h5-8H,9-13H2,1-4H3,(H,25,27)(H2,23,24,26). The number of aliphatic imine (C=N–C) groups is 1. The quantitative estimate of drug-likeness (QED) is 0.343. The van der Waals surface area contributed by atoms with Gasteiger partial charge in [-0.25, -0.2) is 4.79 Å². The smallest absolute Gasteiger partial charge is 0.411 e. The van der Waals surface area contributed by atoms with E-state index in [1.54, 1.807) is 52.1 Å². The molecule has 0 heterocycles. The highest BCUT2D eigenvalue weighted by Crippen LogP contribution is 2.15. The summed E-state index contributed by atoms with van der Waals surface area (Å²) in [5, 5.41) is 8.80. The number of halogens is 3. The fourth-order valence-corrected chi connectivity index (χ4v) is 2.10. The van der Waals surface area contributed by atoms with Crippen LogP contribution in [0.4, 0.5) is 18.0 Å². The van der Waals surface area contributed by atoms with Crippen molar-refractivity contribution in [1.82, 2.24) is 16.0 Å². The summed E-state index contributed by atoms with van der Waals surface area (Å²) in [6.45, 7) is 5.30. The van der Waals surface area contributed by atoms with Gasteiger partial charge in [0, 0.05) is 26.7 Å². The van der Waals surface area contributed by atoms with Gasteiger partial charge in [0.15, 0.2) is 5.96 Å². The molecular weight excluding hydrogens is 389 g/mol. The number of alkyl halides is 3. The Morgan fingerprint density at radius 3 is 2.14 bits per heavy atom. The summed E-state index contributed by atoms with van der Waals surface area (Å²) >= 11 is 0. The Morgan fingerprint density at radius 2 is 1.59 bits per heavy atom. The van der Waals surface area contributed by atoms with E-state index in [1.807, 2.05) is 0 Å². The first-order chi connectivity index (χ1) is 13.5. The number of ether oxygens (including phenoxy) is 2. The predicted molar refractivity (Wildman–Crippen MR) is 105 cm³/mol. The van der Waals surface area contributed by atoms with E-state index in [9.17, 15) is 18.0 Å². The molecule has 0 aromatic heterocycles. The molecule has 0 bridgehead atoms. The van der Waals surface area contributed by atoms with Crippen LogP contribution in [0.2, 0.25) is 0 Å². The third kappa shape index (κ3) is 12.6. The molecule has 0 radical (unpaired) electrons. The van der Waals surface area contributed by atoms with Crippen LogP contribution in [-0.4, -0.2) is 50.6 Å². The minimum absolute atomic E-state index is 0.0961. The first-order valence-corrected chi connectivity index (χ1v) is 9.12. The molecule has 29 heavy (non-hydrogen) atoms. The maximum Gasteiger partial charge on any atom is 0.411 e. The lowest BCUT2D eigenvalue weighted by Gasteiger charge is -2.20. The molecule has 164 valence electrons. The summed E-state index contributed by atoms with van der Waals surface area (Å²) in [6, 6.07) is 7.04. The third-order valence-corrected chi connectivity index (χ3v) is 3.33. The Bertz CT molecular complexity index is 656. The topological polar surface area (TPSA) is 84.0 Å². The number of carbonyl (C=O) groups excluding carboxylic acids is 1.